The van der Waals surface area contributed by atoms with Crippen LogP contribution >= 0.6 is 0 Å². The summed E-state index contributed by atoms with van der Waals surface area (Å²) in [6.07, 6.45) is 0. The van der Waals surface area contributed by atoms with Crippen molar-refractivity contribution in [2.24, 2.45) is 7.05 Å². The molecule has 0 radical (unpaired) electrons. The molecule has 7 rings (SSSR count). The minimum atomic E-state index is 0.581. The molecule has 0 fully saturated rings. The quantitative estimate of drug-likeness (QED) is 0.249. The third-order valence-corrected chi connectivity index (χ3v) is 7.28. The van der Waals surface area contributed by atoms with Crippen LogP contribution in [-0.2, 0) is 7.05 Å². The number of rotatable bonds is 2. The monoisotopic (exact) mass is 457 g/mol. The summed E-state index contributed by atoms with van der Waals surface area (Å²) in [5, 5.41) is 3.22. The third-order valence-electron chi connectivity index (χ3n) is 7.28. The van der Waals surface area contributed by atoms with Crippen molar-refractivity contribution in [2.45, 2.75) is 20.8 Å². The Morgan fingerprint density at radius 3 is 2.23 bits per heavy atom. The Labute approximate surface area is 202 Å². The average Bonchev–Trinajstić information content (AvgIpc) is 3.47. The molecule has 0 atom stereocenters. The van der Waals surface area contributed by atoms with Crippen molar-refractivity contribution in [1.29, 1.82) is 0 Å². The number of furan rings is 2. The van der Waals surface area contributed by atoms with Gasteiger partial charge in [0.1, 0.15) is 16.9 Å². The Morgan fingerprint density at radius 2 is 1.40 bits per heavy atom. The molecule has 0 N–H and O–H groups in total. The van der Waals surface area contributed by atoms with E-state index in [4.69, 9.17) is 8.83 Å². The van der Waals surface area contributed by atoms with E-state index >= 15 is 0 Å². The Balaban J connectivity index is 1.59. The molecule has 0 unspecified atom stereocenters. The lowest BCUT2D eigenvalue weighted by atomic mass is 10.0. The van der Waals surface area contributed by atoms with E-state index in [1.165, 1.54) is 33.4 Å². The van der Waals surface area contributed by atoms with Gasteiger partial charge < -0.3 is 8.83 Å². The van der Waals surface area contributed by atoms with Gasteiger partial charge in [0.2, 0.25) is 0 Å². The van der Waals surface area contributed by atoms with E-state index in [1.54, 1.807) is 0 Å². The lowest BCUT2D eigenvalue weighted by molar-refractivity contribution is -0.633. The summed E-state index contributed by atoms with van der Waals surface area (Å²) in [4.78, 5) is 0. The molecule has 170 valence electrons. The molecule has 0 bridgehead atoms. The summed E-state index contributed by atoms with van der Waals surface area (Å²) in [6.45, 7) is 6.55. The standard InChI is InChI=1S/C31H25N2O2/c1-18-10-9-11-19(2)29(18)33-25-14-7-6-13-24(25)32(4)30(33)22-17-27-23(16-20(22)3)28-21-12-5-8-15-26(21)34-31(28)35-27/h5-17H,1-4H3/q+1. The predicted octanol–water partition coefficient (Wildman–Crippen LogP) is 7.69. The minimum Gasteiger partial charge on any atom is -0.425 e. The van der Waals surface area contributed by atoms with Crippen LogP contribution in [0.1, 0.15) is 16.7 Å². The number of fused-ring (bicyclic) bond motifs is 6. The van der Waals surface area contributed by atoms with Crippen molar-refractivity contribution in [3.63, 3.8) is 0 Å². The molecule has 0 aliphatic rings. The Bertz CT molecular complexity index is 1930. The maximum atomic E-state index is 6.28. The van der Waals surface area contributed by atoms with Gasteiger partial charge in [-0.1, -0.05) is 48.5 Å². The van der Waals surface area contributed by atoms with Crippen LogP contribution in [0.3, 0.4) is 0 Å². The van der Waals surface area contributed by atoms with Crippen LogP contribution in [0.2, 0.25) is 0 Å². The topological polar surface area (TPSA) is 35.1 Å². The van der Waals surface area contributed by atoms with Crippen LogP contribution < -0.4 is 4.57 Å². The molecule has 0 aliphatic carbocycles. The zero-order valence-electron chi connectivity index (χ0n) is 20.2. The van der Waals surface area contributed by atoms with Crippen molar-refractivity contribution < 1.29 is 13.4 Å². The van der Waals surface area contributed by atoms with Gasteiger partial charge in [-0.05, 0) is 67.8 Å². The van der Waals surface area contributed by atoms with Crippen LogP contribution in [-0.4, -0.2) is 4.57 Å². The maximum absolute atomic E-state index is 6.28. The fourth-order valence-electron chi connectivity index (χ4n) is 5.66. The van der Waals surface area contributed by atoms with Crippen LogP contribution in [0.25, 0.3) is 61.2 Å². The summed E-state index contributed by atoms with van der Waals surface area (Å²) in [5.41, 5.74) is 10.1. The fraction of sp³-hybridized carbons (Fsp3) is 0.129. The second kappa shape index (κ2) is 7.09. The summed E-state index contributed by atoms with van der Waals surface area (Å²) >= 11 is 0. The minimum absolute atomic E-state index is 0.581. The van der Waals surface area contributed by atoms with E-state index in [-0.39, 0.29) is 0 Å². The molecular formula is C31H25N2O2+. The molecule has 4 heteroatoms. The van der Waals surface area contributed by atoms with Gasteiger partial charge in [-0.25, -0.2) is 4.57 Å². The number of nitrogens with zero attached hydrogens (tertiary/aromatic N) is 2. The highest BCUT2D eigenvalue weighted by Crippen LogP contribution is 2.40. The molecular weight excluding hydrogens is 432 g/mol. The predicted molar refractivity (Wildman–Crippen MR) is 141 cm³/mol. The van der Waals surface area contributed by atoms with Crippen molar-refractivity contribution in [3.05, 3.63) is 95.6 Å². The third kappa shape index (κ3) is 2.71. The molecule has 0 aliphatic heterocycles. The molecule has 4 aromatic carbocycles. The van der Waals surface area contributed by atoms with Crippen molar-refractivity contribution in [3.8, 4) is 17.1 Å². The summed E-state index contributed by atoms with van der Waals surface area (Å²) in [5.74, 6) is 1.71. The first-order valence-corrected chi connectivity index (χ1v) is 11.9. The number of imidazole rings is 1. The first-order chi connectivity index (χ1) is 17.0. The van der Waals surface area contributed by atoms with Gasteiger partial charge in [-0.15, -0.1) is 0 Å². The first-order valence-electron chi connectivity index (χ1n) is 11.9. The molecule has 7 aromatic rings. The number of benzene rings is 4. The molecule has 4 nitrogen and oxygen atoms in total. The average molecular weight is 458 g/mol. The van der Waals surface area contributed by atoms with E-state index in [1.807, 2.05) is 18.2 Å². The Kier molecular flexibility index (Phi) is 4.07. The van der Waals surface area contributed by atoms with E-state index in [0.717, 1.165) is 38.7 Å². The molecule has 0 saturated heterocycles. The van der Waals surface area contributed by atoms with Crippen LogP contribution in [0, 0.1) is 20.8 Å². The smallest absolute Gasteiger partial charge is 0.299 e. The zero-order valence-corrected chi connectivity index (χ0v) is 20.2. The molecule has 35 heavy (non-hydrogen) atoms. The van der Waals surface area contributed by atoms with Gasteiger partial charge >= 0.3 is 0 Å². The number of hydrogen-bond acceptors (Lipinski definition) is 2. The number of aryl methyl sites for hydroxylation is 4. The maximum Gasteiger partial charge on any atom is 0.299 e. The van der Waals surface area contributed by atoms with Crippen molar-refractivity contribution in [2.75, 3.05) is 0 Å². The number of para-hydroxylation sites is 4. The van der Waals surface area contributed by atoms with Crippen LogP contribution in [0.15, 0.2) is 87.7 Å². The van der Waals surface area contributed by atoms with Gasteiger partial charge in [0.15, 0.2) is 11.0 Å². The van der Waals surface area contributed by atoms with E-state index in [2.05, 4.69) is 97.6 Å². The SMILES string of the molecule is Cc1cc2c(cc1-c1n(-c3c(C)cccc3C)c3ccccc3[n+]1C)oc1oc3ccccc3c12. The van der Waals surface area contributed by atoms with Gasteiger partial charge in [-0.3, -0.25) is 0 Å². The molecule has 0 saturated carbocycles. The molecule has 0 amide bonds. The largest absolute Gasteiger partial charge is 0.425 e. The van der Waals surface area contributed by atoms with Crippen LogP contribution in [0.4, 0.5) is 0 Å². The van der Waals surface area contributed by atoms with Crippen molar-refractivity contribution in [1.82, 2.24) is 4.57 Å². The lowest BCUT2D eigenvalue weighted by Crippen LogP contribution is -2.30. The highest BCUT2D eigenvalue weighted by Gasteiger charge is 2.29. The molecule has 3 aromatic heterocycles. The second-order valence-corrected chi connectivity index (χ2v) is 9.47. The van der Waals surface area contributed by atoms with E-state index in [0.29, 0.717) is 5.78 Å². The first kappa shape index (κ1) is 20.1. The molecule has 0 spiro atoms. The van der Waals surface area contributed by atoms with Gasteiger partial charge in [0.05, 0.1) is 18.0 Å². The fourth-order valence-corrected chi connectivity index (χ4v) is 5.66. The van der Waals surface area contributed by atoms with Gasteiger partial charge in [0, 0.05) is 10.8 Å². The summed E-state index contributed by atoms with van der Waals surface area (Å²) < 4.78 is 17.0. The number of hydrogen-bond donors (Lipinski definition) is 0. The Morgan fingerprint density at radius 1 is 0.686 bits per heavy atom. The highest BCUT2D eigenvalue weighted by atomic mass is 16.5. The summed E-state index contributed by atoms with van der Waals surface area (Å²) in [6, 6.07) is 27.6. The lowest BCUT2D eigenvalue weighted by Gasteiger charge is -2.11. The zero-order chi connectivity index (χ0) is 23.8. The normalized spacial score (nSPS) is 12.0. The van der Waals surface area contributed by atoms with Crippen LogP contribution in [0.5, 0.6) is 0 Å². The second-order valence-electron chi connectivity index (χ2n) is 9.47. The summed E-state index contributed by atoms with van der Waals surface area (Å²) in [7, 11) is 2.15. The van der Waals surface area contributed by atoms with E-state index in [9.17, 15) is 0 Å². The molecule has 3 heterocycles. The van der Waals surface area contributed by atoms with Gasteiger partial charge in [0.25, 0.3) is 11.6 Å². The highest BCUT2D eigenvalue weighted by molar-refractivity contribution is 6.17. The Hall–Kier alpha value is -4.31. The van der Waals surface area contributed by atoms with Crippen molar-refractivity contribution >= 4 is 44.1 Å². The van der Waals surface area contributed by atoms with E-state index < -0.39 is 0 Å². The van der Waals surface area contributed by atoms with Gasteiger partial charge in [-0.2, -0.15) is 4.57 Å². The number of aromatic nitrogens is 2.